The number of H-pyrrole nitrogens is 1. The van der Waals surface area contributed by atoms with Gasteiger partial charge < -0.3 is 10.6 Å². The molecule has 5 heteroatoms. The third-order valence-corrected chi connectivity index (χ3v) is 5.78. The minimum Gasteiger partial charge on any atom is -0.366 e. The zero-order valence-corrected chi connectivity index (χ0v) is 16.5. The molecular weight excluding hydrogens is 358 g/mol. The Bertz CT molecular complexity index is 1060. The summed E-state index contributed by atoms with van der Waals surface area (Å²) >= 11 is 0. The molecule has 3 heterocycles. The van der Waals surface area contributed by atoms with Gasteiger partial charge >= 0.3 is 0 Å². The summed E-state index contributed by atoms with van der Waals surface area (Å²) in [6.45, 7) is 2.97. The zero-order chi connectivity index (χ0) is 19.6. The first-order valence-electron chi connectivity index (χ1n) is 10.2. The molecule has 1 aliphatic carbocycles. The monoisotopic (exact) mass is 383 g/mol. The number of anilines is 2. The summed E-state index contributed by atoms with van der Waals surface area (Å²) < 4.78 is 0. The zero-order valence-electron chi connectivity index (χ0n) is 16.5. The maximum Gasteiger partial charge on any atom is 0.132 e. The minimum absolute atomic E-state index is 0.213. The molecule has 3 aromatic rings. The molecular formula is C24H25N5. The van der Waals surface area contributed by atoms with Crippen LogP contribution in [0.3, 0.4) is 0 Å². The lowest BCUT2D eigenvalue weighted by atomic mass is 9.87. The Labute approximate surface area is 171 Å². The second kappa shape index (κ2) is 7.59. The summed E-state index contributed by atoms with van der Waals surface area (Å²) in [4.78, 5) is 4.84. The van der Waals surface area contributed by atoms with Gasteiger partial charge in [0.2, 0.25) is 0 Å². The fourth-order valence-electron chi connectivity index (χ4n) is 4.31. The molecule has 1 aliphatic heterocycles. The summed E-state index contributed by atoms with van der Waals surface area (Å²) in [5, 5.41) is 14.7. The molecule has 0 amide bonds. The second-order valence-corrected chi connectivity index (χ2v) is 7.74. The van der Waals surface area contributed by atoms with Crippen LogP contribution in [-0.2, 0) is 6.54 Å². The lowest BCUT2D eigenvalue weighted by Gasteiger charge is -2.18. The van der Waals surface area contributed by atoms with Crippen LogP contribution in [0.25, 0.3) is 5.57 Å². The summed E-state index contributed by atoms with van der Waals surface area (Å²) in [6.07, 6.45) is 10.7. The van der Waals surface area contributed by atoms with E-state index in [9.17, 15) is 0 Å². The van der Waals surface area contributed by atoms with Gasteiger partial charge in [-0.1, -0.05) is 54.6 Å². The molecule has 2 aliphatic rings. The number of nitrogens with zero attached hydrogens (tertiary/aromatic N) is 2. The number of nitrogens with one attached hydrogen (secondary N) is 3. The summed E-state index contributed by atoms with van der Waals surface area (Å²) in [5.74, 6) is 2.06. The largest absolute Gasteiger partial charge is 0.366 e. The van der Waals surface area contributed by atoms with Crippen molar-refractivity contribution < 1.29 is 0 Å². The third kappa shape index (κ3) is 3.44. The van der Waals surface area contributed by atoms with E-state index in [1.165, 1.54) is 28.0 Å². The lowest BCUT2D eigenvalue weighted by molar-refractivity contribution is 0.700. The first-order chi connectivity index (χ1) is 14.3. The predicted molar refractivity (Wildman–Crippen MR) is 118 cm³/mol. The predicted octanol–water partition coefficient (Wildman–Crippen LogP) is 5.10. The maximum absolute atomic E-state index is 4.84. The Morgan fingerprint density at radius 2 is 2.03 bits per heavy atom. The number of hydrogen-bond acceptors (Lipinski definition) is 4. The van der Waals surface area contributed by atoms with Gasteiger partial charge in [-0.25, -0.2) is 4.98 Å². The first kappa shape index (κ1) is 17.7. The number of rotatable bonds is 5. The first-order valence-corrected chi connectivity index (χ1v) is 10.2. The minimum atomic E-state index is 0.213. The van der Waals surface area contributed by atoms with Crippen LogP contribution in [0.4, 0.5) is 11.6 Å². The summed E-state index contributed by atoms with van der Waals surface area (Å²) in [5.41, 5.74) is 6.22. The molecule has 0 radical (unpaired) electrons. The van der Waals surface area contributed by atoms with Crippen molar-refractivity contribution in [2.24, 2.45) is 0 Å². The van der Waals surface area contributed by atoms with E-state index in [-0.39, 0.29) is 12.0 Å². The third-order valence-electron chi connectivity index (χ3n) is 5.78. The molecule has 29 heavy (non-hydrogen) atoms. The highest BCUT2D eigenvalue weighted by molar-refractivity contribution is 5.72. The normalized spacial score (nSPS) is 20.1. The van der Waals surface area contributed by atoms with Crippen molar-refractivity contribution in [2.45, 2.75) is 38.3 Å². The molecule has 0 spiro atoms. The van der Waals surface area contributed by atoms with E-state index in [1.807, 2.05) is 12.3 Å². The molecule has 0 saturated carbocycles. The highest BCUT2D eigenvalue weighted by Crippen LogP contribution is 2.42. The van der Waals surface area contributed by atoms with Gasteiger partial charge in [0.15, 0.2) is 0 Å². The van der Waals surface area contributed by atoms with Crippen LogP contribution in [0.1, 0.15) is 48.1 Å². The highest BCUT2D eigenvalue weighted by atomic mass is 15.1. The van der Waals surface area contributed by atoms with Gasteiger partial charge in [-0.3, -0.25) is 5.10 Å². The van der Waals surface area contributed by atoms with Crippen molar-refractivity contribution in [2.75, 3.05) is 10.6 Å². The standard InChI is InChI=1S/C24H25N5/c1-16-22(23-20(15-26-29-23)18-10-6-3-7-11-18)19-12-13-21(28-24(19)27-16)25-14-17-8-4-2-5-9-17/h2-6,8-10,12-13,15-16,22H,7,11,14H2,1H3,(H,26,29)(H2,25,27,28). The van der Waals surface area contributed by atoms with Crippen molar-refractivity contribution in [3.8, 4) is 0 Å². The Kier molecular flexibility index (Phi) is 4.64. The molecule has 1 aromatic carbocycles. The van der Waals surface area contributed by atoms with Crippen molar-refractivity contribution in [1.82, 2.24) is 15.2 Å². The van der Waals surface area contributed by atoms with Crippen LogP contribution >= 0.6 is 0 Å². The molecule has 5 nitrogen and oxygen atoms in total. The highest BCUT2D eigenvalue weighted by Gasteiger charge is 2.34. The Morgan fingerprint density at radius 1 is 1.14 bits per heavy atom. The van der Waals surface area contributed by atoms with Crippen LogP contribution in [0.5, 0.6) is 0 Å². The lowest BCUT2D eigenvalue weighted by Crippen LogP contribution is -2.18. The van der Waals surface area contributed by atoms with E-state index in [1.54, 1.807) is 0 Å². The molecule has 2 aromatic heterocycles. The van der Waals surface area contributed by atoms with Gasteiger partial charge in [0.25, 0.3) is 0 Å². The SMILES string of the molecule is CC1Nc2nc(NCc3ccccc3)ccc2C1c1[nH]ncc1C1=CC=CCC1. The van der Waals surface area contributed by atoms with E-state index in [4.69, 9.17) is 4.98 Å². The number of aromatic amines is 1. The van der Waals surface area contributed by atoms with E-state index in [0.29, 0.717) is 0 Å². The Morgan fingerprint density at radius 3 is 2.86 bits per heavy atom. The van der Waals surface area contributed by atoms with Crippen LogP contribution < -0.4 is 10.6 Å². The van der Waals surface area contributed by atoms with Crippen LogP contribution in [0, 0.1) is 0 Å². The number of allylic oxidation sites excluding steroid dienone is 4. The number of hydrogen-bond donors (Lipinski definition) is 3. The fraction of sp³-hybridized carbons (Fsp3) is 0.250. The summed E-state index contributed by atoms with van der Waals surface area (Å²) in [6, 6.07) is 14.9. The van der Waals surface area contributed by atoms with Crippen LogP contribution in [-0.4, -0.2) is 21.2 Å². The summed E-state index contributed by atoms with van der Waals surface area (Å²) in [7, 11) is 0. The van der Waals surface area contributed by atoms with Gasteiger partial charge in [0.05, 0.1) is 11.9 Å². The number of fused-ring (bicyclic) bond motifs is 1. The Hall–Kier alpha value is -3.34. The number of pyridine rings is 1. The van der Waals surface area contributed by atoms with E-state index in [0.717, 1.165) is 31.0 Å². The van der Waals surface area contributed by atoms with Gasteiger partial charge in [-0.2, -0.15) is 5.10 Å². The van der Waals surface area contributed by atoms with E-state index in [2.05, 4.69) is 82.4 Å². The van der Waals surface area contributed by atoms with Crippen LogP contribution in [0.2, 0.25) is 0 Å². The van der Waals surface area contributed by atoms with Gasteiger partial charge in [-0.15, -0.1) is 0 Å². The molecule has 2 unspecified atom stereocenters. The molecule has 5 rings (SSSR count). The van der Waals surface area contributed by atoms with Gasteiger partial charge in [-0.05, 0) is 37.0 Å². The van der Waals surface area contributed by atoms with Crippen molar-refractivity contribution in [3.05, 3.63) is 89.3 Å². The smallest absolute Gasteiger partial charge is 0.132 e. The van der Waals surface area contributed by atoms with Crippen molar-refractivity contribution in [3.63, 3.8) is 0 Å². The van der Waals surface area contributed by atoms with Crippen molar-refractivity contribution >= 4 is 17.2 Å². The molecule has 0 bridgehead atoms. The molecule has 0 fully saturated rings. The van der Waals surface area contributed by atoms with Crippen LogP contribution in [0.15, 0.2) is 66.9 Å². The molecule has 0 saturated heterocycles. The molecule has 3 N–H and O–H groups in total. The Balaban J connectivity index is 1.41. The van der Waals surface area contributed by atoms with Gasteiger partial charge in [0.1, 0.15) is 11.6 Å². The van der Waals surface area contributed by atoms with E-state index < -0.39 is 0 Å². The van der Waals surface area contributed by atoms with Gasteiger partial charge in [0, 0.05) is 29.6 Å². The second-order valence-electron chi connectivity index (χ2n) is 7.74. The van der Waals surface area contributed by atoms with E-state index >= 15 is 0 Å². The molecule has 2 atom stereocenters. The topological polar surface area (TPSA) is 65.6 Å². The quantitative estimate of drug-likeness (QED) is 0.574. The van der Waals surface area contributed by atoms with Crippen molar-refractivity contribution in [1.29, 1.82) is 0 Å². The fourth-order valence-corrected chi connectivity index (χ4v) is 4.31. The maximum atomic E-state index is 4.84. The molecule has 146 valence electrons. The number of aromatic nitrogens is 3. The average molecular weight is 383 g/mol. The number of benzene rings is 1. The average Bonchev–Trinajstić information content (AvgIpc) is 3.36.